The predicted octanol–water partition coefficient (Wildman–Crippen LogP) is 7.36. The molecule has 0 bridgehead atoms. The fraction of sp³-hybridized carbons (Fsp3) is 0.500. The van der Waals surface area contributed by atoms with Crippen LogP contribution in [0, 0.1) is 0 Å². The summed E-state index contributed by atoms with van der Waals surface area (Å²) in [7, 11) is -2.16. The van der Waals surface area contributed by atoms with E-state index >= 15 is 0 Å². The number of ether oxygens (including phenoxy) is 2. The van der Waals surface area contributed by atoms with E-state index in [1.807, 2.05) is 66.7 Å². The summed E-state index contributed by atoms with van der Waals surface area (Å²) < 4.78 is 21.2. The molecule has 0 spiro atoms. The fourth-order valence-corrected chi connectivity index (χ4v) is 6.33. The fourth-order valence-electron chi connectivity index (χ4n) is 4.23. The monoisotopic (exact) mass is 594 g/mol. The van der Waals surface area contributed by atoms with Crippen LogP contribution in [0.2, 0.25) is 18.1 Å². The molecule has 6 heteroatoms. The van der Waals surface area contributed by atoms with Crippen LogP contribution in [0.15, 0.2) is 73.3 Å². The Labute approximate surface area is 220 Å². The second kappa shape index (κ2) is 11.4. The Morgan fingerprint density at radius 2 is 1.68 bits per heavy atom. The lowest BCUT2D eigenvalue weighted by molar-refractivity contribution is -0.233. The van der Waals surface area contributed by atoms with Gasteiger partial charge < -0.3 is 19.0 Å². The maximum Gasteiger partial charge on any atom is 0.193 e. The molecule has 0 aromatic heterocycles. The van der Waals surface area contributed by atoms with Gasteiger partial charge in [-0.2, -0.15) is 0 Å². The average Bonchev–Trinajstić information content (AvgIpc) is 3.14. The molecule has 0 aliphatic carbocycles. The minimum atomic E-state index is -2.16. The van der Waals surface area contributed by atoms with E-state index in [0.717, 1.165) is 22.0 Å². The van der Waals surface area contributed by atoms with Crippen LogP contribution in [0.4, 0.5) is 0 Å². The molecule has 3 rings (SSSR count). The van der Waals surface area contributed by atoms with Gasteiger partial charge in [-0.3, -0.25) is 0 Å². The van der Waals surface area contributed by atoms with Crippen LogP contribution in [0.3, 0.4) is 0 Å². The van der Waals surface area contributed by atoms with Crippen molar-refractivity contribution in [2.24, 2.45) is 0 Å². The van der Waals surface area contributed by atoms with E-state index in [1.165, 1.54) is 0 Å². The molecule has 5 atom stereocenters. The molecule has 4 nitrogen and oxygen atoms in total. The molecular weight excluding hydrogens is 555 g/mol. The van der Waals surface area contributed by atoms with Crippen molar-refractivity contribution in [3.63, 3.8) is 0 Å². The van der Waals surface area contributed by atoms with Gasteiger partial charge in [0, 0.05) is 10.8 Å². The van der Waals surface area contributed by atoms with Gasteiger partial charge in [-0.1, -0.05) is 110 Å². The minimum absolute atomic E-state index is 0.0145. The van der Waals surface area contributed by atoms with Crippen molar-refractivity contribution in [2.75, 3.05) is 4.43 Å². The van der Waals surface area contributed by atoms with Crippen LogP contribution in [-0.4, -0.2) is 35.8 Å². The normalized spacial score (nSPS) is 25.1. The summed E-state index contributed by atoms with van der Waals surface area (Å²) in [5.41, 5.74) is 1.06. The van der Waals surface area contributed by atoms with Gasteiger partial charge in [0.2, 0.25) is 0 Å². The topological polar surface area (TPSA) is 47.9 Å². The van der Waals surface area contributed by atoms with Gasteiger partial charge in [-0.05, 0) is 35.7 Å². The predicted molar refractivity (Wildman–Crippen MR) is 150 cm³/mol. The molecule has 1 aliphatic rings. The van der Waals surface area contributed by atoms with Gasteiger partial charge in [0.05, 0.1) is 6.10 Å². The molecule has 0 radical (unpaired) electrons. The minimum Gasteiger partial charge on any atom is -0.406 e. The first-order chi connectivity index (χ1) is 16.0. The summed E-state index contributed by atoms with van der Waals surface area (Å²) in [6.07, 6.45) is 1.22. The van der Waals surface area contributed by atoms with Crippen molar-refractivity contribution in [1.29, 1.82) is 0 Å². The molecule has 34 heavy (non-hydrogen) atoms. The molecule has 2 aromatic rings. The molecule has 1 aliphatic heterocycles. The van der Waals surface area contributed by atoms with E-state index in [1.54, 1.807) is 0 Å². The van der Waals surface area contributed by atoms with Crippen LogP contribution in [0.1, 0.15) is 56.9 Å². The molecule has 0 saturated carbocycles. The van der Waals surface area contributed by atoms with Gasteiger partial charge in [-0.15, -0.1) is 6.58 Å². The van der Waals surface area contributed by atoms with E-state index in [9.17, 15) is 5.11 Å². The van der Waals surface area contributed by atoms with Crippen molar-refractivity contribution in [1.82, 2.24) is 0 Å². The zero-order valence-corrected chi connectivity index (χ0v) is 24.2. The lowest BCUT2D eigenvalue weighted by Gasteiger charge is -2.46. The van der Waals surface area contributed by atoms with E-state index in [4.69, 9.17) is 13.9 Å². The molecule has 186 valence electrons. The first-order valence-corrected chi connectivity index (χ1v) is 16.4. The Hall–Kier alpha value is -1.03. The number of aliphatic hydroxyl groups is 1. The highest BCUT2D eigenvalue weighted by Crippen LogP contribution is 2.48. The third kappa shape index (κ3) is 6.20. The van der Waals surface area contributed by atoms with Crippen molar-refractivity contribution in [3.8, 4) is 0 Å². The largest absolute Gasteiger partial charge is 0.406 e. The first-order valence-electron chi connectivity index (χ1n) is 12.0. The third-order valence-electron chi connectivity index (χ3n) is 7.07. The Kier molecular flexibility index (Phi) is 9.20. The van der Waals surface area contributed by atoms with Gasteiger partial charge in [0.25, 0.3) is 0 Å². The summed E-state index contributed by atoms with van der Waals surface area (Å²) in [6.45, 7) is 15.3. The smallest absolute Gasteiger partial charge is 0.193 e. The summed E-state index contributed by atoms with van der Waals surface area (Å²) in [5.74, 6) is 0. The lowest BCUT2D eigenvalue weighted by atomic mass is 9.94. The van der Waals surface area contributed by atoms with Crippen molar-refractivity contribution >= 4 is 30.9 Å². The second-order valence-electron chi connectivity index (χ2n) is 10.7. The van der Waals surface area contributed by atoms with Crippen LogP contribution in [0.25, 0.3) is 0 Å². The number of benzene rings is 2. The Balaban J connectivity index is 2.01. The van der Waals surface area contributed by atoms with E-state index in [0.29, 0.717) is 6.42 Å². The first kappa shape index (κ1) is 27.6. The molecule has 1 N–H and O–H groups in total. The summed E-state index contributed by atoms with van der Waals surface area (Å²) >= 11 is 2.37. The van der Waals surface area contributed by atoms with Crippen LogP contribution in [-0.2, 0) is 13.9 Å². The van der Waals surface area contributed by atoms with E-state index in [-0.39, 0.29) is 11.1 Å². The van der Waals surface area contributed by atoms with Crippen LogP contribution < -0.4 is 0 Å². The highest BCUT2D eigenvalue weighted by Gasteiger charge is 2.55. The SMILES string of the molecule is C=CC[C@]1(O[Si](C)(C)C(C)(C)C)C[C@H](CI)O[C@@H]1O[C@H](c1ccccc1)[C@H](O)c1ccccc1. The maximum atomic E-state index is 11.4. The quantitative estimate of drug-likeness (QED) is 0.135. The van der Waals surface area contributed by atoms with E-state index in [2.05, 4.69) is 63.0 Å². The van der Waals surface area contributed by atoms with Crippen LogP contribution >= 0.6 is 22.6 Å². The van der Waals surface area contributed by atoms with Gasteiger partial charge in [-0.25, -0.2) is 0 Å². The summed E-state index contributed by atoms with van der Waals surface area (Å²) in [4.78, 5) is 0. The summed E-state index contributed by atoms with van der Waals surface area (Å²) in [6, 6.07) is 19.6. The molecule has 1 heterocycles. The molecule has 0 unspecified atom stereocenters. The highest BCUT2D eigenvalue weighted by molar-refractivity contribution is 14.1. The number of rotatable bonds is 10. The third-order valence-corrected chi connectivity index (χ3v) is 12.6. The summed E-state index contributed by atoms with van der Waals surface area (Å²) in [5, 5.41) is 11.5. The number of aliphatic hydroxyl groups excluding tert-OH is 1. The van der Waals surface area contributed by atoms with E-state index < -0.39 is 32.4 Å². The maximum absolute atomic E-state index is 11.4. The van der Waals surface area contributed by atoms with Crippen LogP contribution in [0.5, 0.6) is 0 Å². The van der Waals surface area contributed by atoms with Crippen molar-refractivity contribution < 1.29 is 19.0 Å². The zero-order valence-electron chi connectivity index (χ0n) is 21.0. The Morgan fingerprint density at radius 3 is 2.18 bits per heavy atom. The molecule has 1 saturated heterocycles. The van der Waals surface area contributed by atoms with Crippen molar-refractivity contribution in [3.05, 3.63) is 84.4 Å². The zero-order chi connectivity index (χ0) is 25.0. The number of hydrogen-bond donors (Lipinski definition) is 1. The Bertz CT molecular complexity index is 915. The van der Waals surface area contributed by atoms with Gasteiger partial charge >= 0.3 is 0 Å². The molecule has 1 fully saturated rings. The van der Waals surface area contributed by atoms with Gasteiger partial charge in [0.15, 0.2) is 14.6 Å². The lowest BCUT2D eigenvalue weighted by Crippen LogP contribution is -2.54. The molecular formula is C28H39IO4Si. The van der Waals surface area contributed by atoms with Crippen molar-refractivity contribution in [2.45, 2.75) is 81.9 Å². The molecule has 2 aromatic carbocycles. The Morgan fingerprint density at radius 1 is 1.12 bits per heavy atom. The van der Waals surface area contributed by atoms with Gasteiger partial charge in [0.1, 0.15) is 17.8 Å². The highest BCUT2D eigenvalue weighted by atomic mass is 127. The standard InChI is InChI=1S/C28H39IO4Si/c1-7-18-28(33-34(5,6)27(2,3)4)19-23(20-29)31-26(28)32-25(22-16-12-9-13-17-22)24(30)21-14-10-8-11-15-21/h7-17,23-26,30H,1,18-20H2,2-6H3/t23-,24-,25-,26-,28+/m1/s1. The average molecular weight is 595 g/mol. The second-order valence-corrected chi connectivity index (χ2v) is 16.3. The number of alkyl halides is 1. The number of hydrogen-bond acceptors (Lipinski definition) is 4. The molecule has 0 amide bonds. The number of halogens is 1.